The van der Waals surface area contributed by atoms with Gasteiger partial charge in [-0.25, -0.2) is 0 Å². The Labute approximate surface area is 59.2 Å². The van der Waals surface area contributed by atoms with E-state index in [1.807, 2.05) is 0 Å². The molecule has 0 aliphatic carbocycles. The van der Waals surface area contributed by atoms with Crippen LogP contribution in [0.1, 0.15) is 6.92 Å². The van der Waals surface area contributed by atoms with E-state index in [2.05, 4.69) is 0 Å². The van der Waals surface area contributed by atoms with Crippen LogP contribution in [0, 0.1) is 5.92 Å². The zero-order valence-electron chi connectivity index (χ0n) is 5.12. The molecular weight excluding hydrogens is 162 g/mol. The Bertz CT molecular complexity index is 121. The average Bonchev–Trinajstić information content (AvgIpc) is 1.62. The fourth-order valence-corrected chi connectivity index (χ4v) is 1.66. The summed E-state index contributed by atoms with van der Waals surface area (Å²) < 4.78 is 10.2. The third kappa shape index (κ3) is 6.32. The van der Waals surface area contributed by atoms with Crippen molar-refractivity contribution in [2.45, 2.75) is 6.92 Å². The van der Waals surface area contributed by atoms with Crippen molar-refractivity contribution in [3.05, 3.63) is 0 Å². The van der Waals surface area contributed by atoms with Crippen LogP contribution in [-0.2, 0) is 4.57 Å². The van der Waals surface area contributed by atoms with E-state index in [0.29, 0.717) is 5.88 Å². The van der Waals surface area contributed by atoms with Crippen LogP contribution in [0.15, 0.2) is 0 Å². The molecular formula is C4H10ClO3P. The molecule has 0 radical (unpaired) electrons. The van der Waals surface area contributed by atoms with Crippen molar-refractivity contribution >= 4 is 19.2 Å². The minimum absolute atomic E-state index is 0.104. The van der Waals surface area contributed by atoms with Crippen molar-refractivity contribution in [3.63, 3.8) is 0 Å². The fourth-order valence-electron chi connectivity index (χ4n) is 0.455. The van der Waals surface area contributed by atoms with Gasteiger partial charge in [-0.15, -0.1) is 11.6 Å². The summed E-state index contributed by atoms with van der Waals surface area (Å²) in [5, 5.41) is 0. The Morgan fingerprint density at radius 2 is 2.11 bits per heavy atom. The summed E-state index contributed by atoms with van der Waals surface area (Å²) in [6.45, 7) is 1.70. The van der Waals surface area contributed by atoms with Crippen molar-refractivity contribution in [3.8, 4) is 0 Å². The van der Waals surface area contributed by atoms with Gasteiger partial charge in [0, 0.05) is 5.88 Å². The molecule has 0 rings (SSSR count). The molecule has 0 spiro atoms. The molecule has 0 aliphatic heterocycles. The smallest absolute Gasteiger partial charge is 0.324 e. The van der Waals surface area contributed by atoms with E-state index in [9.17, 15) is 4.57 Å². The van der Waals surface area contributed by atoms with Crippen LogP contribution in [0.5, 0.6) is 0 Å². The van der Waals surface area contributed by atoms with Crippen LogP contribution < -0.4 is 0 Å². The van der Waals surface area contributed by atoms with E-state index in [0.717, 1.165) is 0 Å². The van der Waals surface area contributed by atoms with Crippen LogP contribution in [0.3, 0.4) is 0 Å². The molecule has 1 unspecified atom stereocenters. The van der Waals surface area contributed by atoms with Gasteiger partial charge in [-0.1, -0.05) is 6.92 Å². The minimum atomic E-state index is -3.82. The second-order valence-electron chi connectivity index (χ2n) is 2.11. The first-order valence-electron chi connectivity index (χ1n) is 2.56. The highest BCUT2D eigenvalue weighted by atomic mass is 35.5. The Morgan fingerprint density at radius 3 is 2.22 bits per heavy atom. The van der Waals surface area contributed by atoms with Crippen LogP contribution in [0.2, 0.25) is 0 Å². The summed E-state index contributed by atoms with van der Waals surface area (Å²) in [6.07, 6.45) is -0.115. The predicted molar refractivity (Wildman–Crippen MR) is 36.8 cm³/mol. The average molecular weight is 173 g/mol. The van der Waals surface area contributed by atoms with E-state index in [1.54, 1.807) is 6.92 Å². The van der Waals surface area contributed by atoms with Crippen molar-refractivity contribution in [1.29, 1.82) is 0 Å². The van der Waals surface area contributed by atoms with Gasteiger partial charge in [0.1, 0.15) is 0 Å². The number of alkyl halides is 1. The van der Waals surface area contributed by atoms with Crippen molar-refractivity contribution in [1.82, 2.24) is 0 Å². The lowest BCUT2D eigenvalue weighted by Crippen LogP contribution is -2.02. The second kappa shape index (κ2) is 3.57. The lowest BCUT2D eigenvalue weighted by atomic mass is 10.3. The van der Waals surface area contributed by atoms with E-state index in [-0.39, 0.29) is 12.1 Å². The number of hydrogen-bond donors (Lipinski definition) is 2. The summed E-state index contributed by atoms with van der Waals surface area (Å²) in [5.74, 6) is 0.193. The Morgan fingerprint density at radius 1 is 1.67 bits per heavy atom. The highest BCUT2D eigenvalue weighted by Crippen LogP contribution is 2.36. The summed E-state index contributed by atoms with van der Waals surface area (Å²) in [7, 11) is -3.82. The molecule has 0 aromatic heterocycles. The van der Waals surface area contributed by atoms with Gasteiger partial charge in [0.05, 0.1) is 6.16 Å². The first-order chi connectivity index (χ1) is 3.95. The topological polar surface area (TPSA) is 57.5 Å². The van der Waals surface area contributed by atoms with Crippen LogP contribution in [-0.4, -0.2) is 21.8 Å². The monoisotopic (exact) mass is 172 g/mol. The molecule has 3 nitrogen and oxygen atoms in total. The lowest BCUT2D eigenvalue weighted by molar-refractivity contribution is 0.366. The van der Waals surface area contributed by atoms with Gasteiger partial charge in [0.25, 0.3) is 0 Å². The van der Waals surface area contributed by atoms with Gasteiger partial charge in [-0.3, -0.25) is 4.57 Å². The Balaban J connectivity index is 3.60. The summed E-state index contributed by atoms with van der Waals surface area (Å²) in [5.41, 5.74) is 0. The molecule has 0 aromatic carbocycles. The highest BCUT2D eigenvalue weighted by Gasteiger charge is 2.16. The maximum atomic E-state index is 10.2. The van der Waals surface area contributed by atoms with Gasteiger partial charge in [0.2, 0.25) is 0 Å². The number of halogens is 1. The third-order valence-corrected chi connectivity index (χ3v) is 2.44. The Kier molecular flexibility index (Phi) is 3.74. The molecule has 0 fully saturated rings. The molecule has 0 heterocycles. The molecule has 0 aliphatic rings. The summed E-state index contributed by atoms with van der Waals surface area (Å²) in [4.78, 5) is 16.7. The second-order valence-corrected chi connectivity index (χ2v) is 4.11. The molecule has 2 N–H and O–H groups in total. The molecule has 0 bridgehead atoms. The largest absolute Gasteiger partial charge is 0.325 e. The predicted octanol–water partition coefficient (Wildman–Crippen LogP) is 1.04. The maximum Gasteiger partial charge on any atom is 0.325 e. The maximum absolute atomic E-state index is 10.2. The minimum Gasteiger partial charge on any atom is -0.324 e. The zero-order valence-corrected chi connectivity index (χ0v) is 6.77. The summed E-state index contributed by atoms with van der Waals surface area (Å²) in [6, 6.07) is 0. The zero-order chi connectivity index (χ0) is 7.49. The molecule has 0 aromatic rings. The molecule has 9 heavy (non-hydrogen) atoms. The SMILES string of the molecule is CC(CCl)CP(=O)(O)O. The van der Waals surface area contributed by atoms with Crippen LogP contribution in [0.25, 0.3) is 0 Å². The number of hydrogen-bond acceptors (Lipinski definition) is 1. The van der Waals surface area contributed by atoms with Gasteiger partial charge in [-0.2, -0.15) is 0 Å². The quantitative estimate of drug-likeness (QED) is 0.494. The summed E-state index contributed by atoms with van der Waals surface area (Å²) >= 11 is 5.31. The van der Waals surface area contributed by atoms with Crippen molar-refractivity contribution in [2.75, 3.05) is 12.0 Å². The van der Waals surface area contributed by atoms with Crippen molar-refractivity contribution in [2.24, 2.45) is 5.92 Å². The molecule has 0 saturated heterocycles. The molecule has 5 heteroatoms. The normalized spacial score (nSPS) is 15.6. The molecule has 1 atom stereocenters. The van der Waals surface area contributed by atoms with E-state index in [4.69, 9.17) is 21.4 Å². The standard InChI is InChI=1S/C4H10ClO3P/c1-4(2-5)3-9(6,7)8/h4H,2-3H2,1H3,(H2,6,7,8). The van der Waals surface area contributed by atoms with Gasteiger partial charge >= 0.3 is 7.60 Å². The number of rotatable bonds is 3. The Hall–Kier alpha value is 0.440. The van der Waals surface area contributed by atoms with Crippen LogP contribution in [0.4, 0.5) is 0 Å². The third-order valence-electron chi connectivity index (χ3n) is 0.813. The van der Waals surface area contributed by atoms with Crippen LogP contribution >= 0.6 is 19.2 Å². The van der Waals surface area contributed by atoms with Gasteiger partial charge < -0.3 is 9.79 Å². The van der Waals surface area contributed by atoms with E-state index < -0.39 is 7.60 Å². The highest BCUT2D eigenvalue weighted by molar-refractivity contribution is 7.51. The first-order valence-corrected chi connectivity index (χ1v) is 4.89. The molecule has 0 amide bonds. The molecule has 56 valence electrons. The van der Waals surface area contributed by atoms with Gasteiger partial charge in [0.15, 0.2) is 0 Å². The van der Waals surface area contributed by atoms with E-state index in [1.165, 1.54) is 0 Å². The first kappa shape index (κ1) is 9.44. The van der Waals surface area contributed by atoms with Gasteiger partial charge in [-0.05, 0) is 5.92 Å². The fraction of sp³-hybridized carbons (Fsp3) is 1.00. The van der Waals surface area contributed by atoms with Crippen molar-refractivity contribution < 1.29 is 14.4 Å². The lowest BCUT2D eigenvalue weighted by Gasteiger charge is -2.07. The molecule has 0 saturated carbocycles. The van der Waals surface area contributed by atoms with E-state index >= 15 is 0 Å².